The van der Waals surface area contributed by atoms with Crippen molar-refractivity contribution in [2.45, 2.75) is 33.9 Å². The summed E-state index contributed by atoms with van der Waals surface area (Å²) in [4.78, 5) is 4.48. The van der Waals surface area contributed by atoms with Crippen LogP contribution in [0, 0.1) is 13.8 Å². The average Bonchev–Trinajstić information content (AvgIpc) is 2.44. The zero-order valence-electron chi connectivity index (χ0n) is 12.7. The molecule has 1 N–H and O–H groups in total. The predicted octanol–water partition coefficient (Wildman–Crippen LogP) is 4.15. The number of benzene rings is 1. The van der Waals surface area contributed by atoms with Gasteiger partial charge in [0.1, 0.15) is 12.4 Å². The molecule has 3 nitrogen and oxygen atoms in total. The van der Waals surface area contributed by atoms with Crippen molar-refractivity contribution in [3.8, 4) is 5.75 Å². The van der Waals surface area contributed by atoms with Gasteiger partial charge >= 0.3 is 0 Å². The van der Waals surface area contributed by atoms with Gasteiger partial charge in [0.2, 0.25) is 0 Å². The number of aromatic nitrogens is 1. The van der Waals surface area contributed by atoms with Crippen molar-refractivity contribution in [1.82, 2.24) is 10.3 Å². The van der Waals surface area contributed by atoms with E-state index in [1.54, 1.807) is 0 Å². The number of halogens is 1. The van der Waals surface area contributed by atoms with Crippen molar-refractivity contribution in [1.29, 1.82) is 0 Å². The molecule has 0 amide bonds. The molecule has 0 saturated heterocycles. The van der Waals surface area contributed by atoms with Crippen LogP contribution in [0.25, 0.3) is 0 Å². The lowest BCUT2D eigenvalue weighted by Gasteiger charge is -2.15. The molecule has 1 heterocycles. The highest BCUT2D eigenvalue weighted by Crippen LogP contribution is 2.28. The SMILES string of the molecule is CCNCc1cc(Br)cc(C)c1OCc1cccc(C)n1. The second kappa shape index (κ2) is 7.57. The molecule has 0 radical (unpaired) electrons. The second-order valence-corrected chi connectivity index (χ2v) is 5.97. The highest BCUT2D eigenvalue weighted by atomic mass is 79.9. The summed E-state index contributed by atoms with van der Waals surface area (Å²) in [6.45, 7) is 8.38. The number of aryl methyl sites for hydroxylation is 2. The molecule has 0 aliphatic carbocycles. The largest absolute Gasteiger partial charge is 0.487 e. The van der Waals surface area contributed by atoms with E-state index in [0.717, 1.165) is 45.8 Å². The van der Waals surface area contributed by atoms with E-state index in [1.807, 2.05) is 25.1 Å². The third kappa shape index (κ3) is 4.55. The first-order valence-corrected chi connectivity index (χ1v) is 7.94. The molecule has 112 valence electrons. The number of nitrogens with zero attached hydrogens (tertiary/aromatic N) is 1. The number of rotatable bonds is 6. The summed E-state index contributed by atoms with van der Waals surface area (Å²) in [5.74, 6) is 0.947. The molecule has 0 aliphatic rings. The molecular weight excluding hydrogens is 328 g/mol. The van der Waals surface area contributed by atoms with E-state index in [1.165, 1.54) is 0 Å². The standard InChI is InChI=1S/C17H21BrN2O/c1-4-19-10-14-9-15(18)8-12(2)17(14)21-11-16-7-5-6-13(3)20-16/h5-9,19H,4,10-11H2,1-3H3. The smallest absolute Gasteiger partial charge is 0.130 e. The van der Waals surface area contributed by atoms with Crippen LogP contribution < -0.4 is 10.1 Å². The fourth-order valence-electron chi connectivity index (χ4n) is 2.22. The third-order valence-corrected chi connectivity index (χ3v) is 3.65. The quantitative estimate of drug-likeness (QED) is 0.851. The van der Waals surface area contributed by atoms with Crippen LogP contribution in [-0.2, 0) is 13.2 Å². The highest BCUT2D eigenvalue weighted by molar-refractivity contribution is 9.10. The Bertz CT molecular complexity index is 614. The molecule has 0 fully saturated rings. The molecular formula is C17H21BrN2O. The lowest BCUT2D eigenvalue weighted by molar-refractivity contribution is 0.295. The Morgan fingerprint density at radius 2 is 2.05 bits per heavy atom. The Kier molecular flexibility index (Phi) is 5.76. The van der Waals surface area contributed by atoms with Crippen LogP contribution in [-0.4, -0.2) is 11.5 Å². The molecule has 4 heteroatoms. The summed E-state index contributed by atoms with van der Waals surface area (Å²) >= 11 is 3.55. The van der Waals surface area contributed by atoms with Crippen molar-refractivity contribution in [2.24, 2.45) is 0 Å². The first-order chi connectivity index (χ1) is 10.1. The molecule has 0 spiro atoms. The Labute approximate surface area is 134 Å². The van der Waals surface area contributed by atoms with Gasteiger partial charge in [0.05, 0.1) is 5.69 Å². The van der Waals surface area contributed by atoms with Crippen LogP contribution in [0.5, 0.6) is 5.75 Å². The van der Waals surface area contributed by atoms with Crippen LogP contribution in [0.2, 0.25) is 0 Å². The number of hydrogen-bond acceptors (Lipinski definition) is 3. The van der Waals surface area contributed by atoms with E-state index in [-0.39, 0.29) is 0 Å². The first kappa shape index (κ1) is 16.0. The van der Waals surface area contributed by atoms with Gasteiger partial charge in [-0.2, -0.15) is 0 Å². The Balaban J connectivity index is 2.18. The second-order valence-electron chi connectivity index (χ2n) is 5.05. The van der Waals surface area contributed by atoms with E-state index in [0.29, 0.717) is 6.61 Å². The molecule has 0 aliphatic heterocycles. The van der Waals surface area contributed by atoms with Crippen molar-refractivity contribution < 1.29 is 4.74 Å². The number of nitrogens with one attached hydrogen (secondary N) is 1. The number of hydrogen-bond donors (Lipinski definition) is 1. The third-order valence-electron chi connectivity index (χ3n) is 3.19. The minimum absolute atomic E-state index is 0.489. The molecule has 2 rings (SSSR count). The van der Waals surface area contributed by atoms with Crippen molar-refractivity contribution in [3.05, 3.63) is 57.3 Å². The summed E-state index contributed by atoms with van der Waals surface area (Å²) in [5, 5.41) is 3.35. The molecule has 2 aromatic rings. The Morgan fingerprint density at radius 3 is 2.76 bits per heavy atom. The Hall–Kier alpha value is -1.39. The summed E-state index contributed by atoms with van der Waals surface area (Å²) in [6.07, 6.45) is 0. The first-order valence-electron chi connectivity index (χ1n) is 7.15. The monoisotopic (exact) mass is 348 g/mol. The topological polar surface area (TPSA) is 34.1 Å². The van der Waals surface area contributed by atoms with Crippen LogP contribution in [0.1, 0.15) is 29.4 Å². The normalized spacial score (nSPS) is 10.7. The van der Waals surface area contributed by atoms with Gasteiger partial charge < -0.3 is 10.1 Å². The van der Waals surface area contributed by atoms with E-state index in [9.17, 15) is 0 Å². The maximum absolute atomic E-state index is 6.04. The molecule has 21 heavy (non-hydrogen) atoms. The van der Waals surface area contributed by atoms with Crippen molar-refractivity contribution in [3.63, 3.8) is 0 Å². The summed E-state index contributed by atoms with van der Waals surface area (Å²) in [5.41, 5.74) is 4.25. The summed E-state index contributed by atoms with van der Waals surface area (Å²) < 4.78 is 7.12. The summed E-state index contributed by atoms with van der Waals surface area (Å²) in [6, 6.07) is 10.2. The molecule has 0 saturated carbocycles. The van der Waals surface area contributed by atoms with Crippen LogP contribution in [0.4, 0.5) is 0 Å². The summed E-state index contributed by atoms with van der Waals surface area (Å²) in [7, 11) is 0. The van der Waals surface area contributed by atoms with Crippen molar-refractivity contribution >= 4 is 15.9 Å². The molecule has 0 atom stereocenters. The maximum Gasteiger partial charge on any atom is 0.130 e. The van der Waals surface area contributed by atoms with Gasteiger partial charge in [0.15, 0.2) is 0 Å². The van der Waals surface area contributed by atoms with Gasteiger partial charge in [-0.05, 0) is 50.2 Å². The predicted molar refractivity (Wildman–Crippen MR) is 89.6 cm³/mol. The van der Waals surface area contributed by atoms with Gasteiger partial charge in [-0.25, -0.2) is 0 Å². The van der Waals surface area contributed by atoms with Gasteiger partial charge in [0, 0.05) is 22.3 Å². The minimum atomic E-state index is 0.489. The molecule has 0 bridgehead atoms. The number of pyridine rings is 1. The number of ether oxygens (including phenoxy) is 1. The zero-order valence-corrected chi connectivity index (χ0v) is 14.3. The van der Waals surface area contributed by atoms with Crippen LogP contribution in [0.15, 0.2) is 34.8 Å². The van der Waals surface area contributed by atoms with E-state index in [2.05, 4.69) is 52.2 Å². The van der Waals surface area contributed by atoms with Gasteiger partial charge in [-0.1, -0.05) is 28.9 Å². The van der Waals surface area contributed by atoms with Crippen LogP contribution in [0.3, 0.4) is 0 Å². The van der Waals surface area contributed by atoms with E-state index < -0.39 is 0 Å². The van der Waals surface area contributed by atoms with Crippen LogP contribution >= 0.6 is 15.9 Å². The van der Waals surface area contributed by atoms with E-state index >= 15 is 0 Å². The zero-order chi connectivity index (χ0) is 15.2. The average molecular weight is 349 g/mol. The lowest BCUT2D eigenvalue weighted by atomic mass is 10.1. The van der Waals surface area contributed by atoms with Gasteiger partial charge in [-0.3, -0.25) is 4.98 Å². The van der Waals surface area contributed by atoms with Gasteiger partial charge in [0.25, 0.3) is 0 Å². The van der Waals surface area contributed by atoms with Crippen molar-refractivity contribution in [2.75, 3.05) is 6.54 Å². The molecule has 1 aromatic carbocycles. The highest BCUT2D eigenvalue weighted by Gasteiger charge is 2.09. The van der Waals surface area contributed by atoms with E-state index in [4.69, 9.17) is 4.74 Å². The fraction of sp³-hybridized carbons (Fsp3) is 0.353. The fourth-order valence-corrected chi connectivity index (χ4v) is 2.84. The molecule has 1 aromatic heterocycles. The molecule has 0 unspecified atom stereocenters. The minimum Gasteiger partial charge on any atom is -0.487 e. The lowest BCUT2D eigenvalue weighted by Crippen LogP contribution is -2.13. The Morgan fingerprint density at radius 1 is 1.24 bits per heavy atom. The van der Waals surface area contributed by atoms with Gasteiger partial charge in [-0.15, -0.1) is 0 Å². The maximum atomic E-state index is 6.04.